The van der Waals surface area contributed by atoms with Gasteiger partial charge in [0.25, 0.3) is 0 Å². The van der Waals surface area contributed by atoms with E-state index < -0.39 is 0 Å². The van der Waals surface area contributed by atoms with Crippen molar-refractivity contribution in [3.63, 3.8) is 0 Å². The summed E-state index contributed by atoms with van der Waals surface area (Å²) in [4.78, 5) is 4.91. The van der Waals surface area contributed by atoms with Gasteiger partial charge in [-0.15, -0.1) is 11.3 Å². The number of hydrogen-bond donors (Lipinski definition) is 0. The Balaban J connectivity index is 0.860. The van der Waals surface area contributed by atoms with Gasteiger partial charge in [0, 0.05) is 54.2 Å². The molecule has 288 valence electrons. The first kappa shape index (κ1) is 35.5. The Morgan fingerprint density at radius 3 is 1.67 bits per heavy atom. The summed E-state index contributed by atoms with van der Waals surface area (Å²) in [6.07, 6.45) is 7.27. The SMILES string of the molecule is C1=CC2C(C=C1c1ccc(-c3ccc(N(c4ccccc4)c4ccc(-c5ccccc5)cc4)cc3)cc1)c1ccc3cc4sc5ccccc5c4cc3c1N2c1ccccc1. The largest absolute Gasteiger partial charge is 0.333 e. The lowest BCUT2D eigenvalue weighted by Gasteiger charge is -2.30. The van der Waals surface area contributed by atoms with E-state index in [9.17, 15) is 0 Å². The van der Waals surface area contributed by atoms with Gasteiger partial charge < -0.3 is 9.80 Å². The third-order valence-electron chi connectivity index (χ3n) is 12.6. The van der Waals surface area contributed by atoms with Crippen LogP contribution in [0.3, 0.4) is 0 Å². The molecule has 2 atom stereocenters. The molecule has 12 rings (SSSR count). The standard InChI is InChI=1S/C58H40N2S/c1-4-12-39(13-5-1)41-24-30-48(31-25-41)59(46-14-6-2-7-15-46)49-32-26-42(27-33-49)40-20-22-43(23-21-40)44-29-35-55-53(36-44)51-34-28-45-37-57-54(50-18-10-11-19-56(50)61-57)38-52(45)58(51)60(55)47-16-8-3-9-17-47/h1-38,53,55H. The molecule has 2 aliphatic rings. The van der Waals surface area contributed by atoms with E-state index in [2.05, 4.69) is 240 Å². The number of para-hydroxylation sites is 2. The Morgan fingerprint density at radius 1 is 0.426 bits per heavy atom. The number of benzene rings is 9. The van der Waals surface area contributed by atoms with Crippen molar-refractivity contribution in [2.75, 3.05) is 9.80 Å². The molecule has 3 heteroatoms. The van der Waals surface area contributed by atoms with Gasteiger partial charge in [-0.25, -0.2) is 0 Å². The molecular formula is C58H40N2S. The van der Waals surface area contributed by atoms with E-state index in [1.54, 1.807) is 0 Å². The lowest BCUT2D eigenvalue weighted by atomic mass is 9.85. The molecule has 10 aromatic rings. The molecule has 0 bridgehead atoms. The maximum absolute atomic E-state index is 2.58. The normalized spacial score (nSPS) is 15.5. The number of allylic oxidation sites excluding steroid dienone is 2. The van der Waals surface area contributed by atoms with E-state index in [4.69, 9.17) is 0 Å². The van der Waals surface area contributed by atoms with Crippen LogP contribution >= 0.6 is 11.3 Å². The fourth-order valence-corrected chi connectivity index (χ4v) is 10.8. The van der Waals surface area contributed by atoms with E-state index in [1.807, 2.05) is 11.3 Å². The van der Waals surface area contributed by atoms with Crippen molar-refractivity contribution < 1.29 is 0 Å². The summed E-state index contributed by atoms with van der Waals surface area (Å²) in [6, 6.07) is 77.6. The zero-order valence-corrected chi connectivity index (χ0v) is 34.2. The Kier molecular flexibility index (Phi) is 8.53. The van der Waals surface area contributed by atoms with Gasteiger partial charge in [-0.05, 0) is 111 Å². The highest BCUT2D eigenvalue weighted by molar-refractivity contribution is 7.25. The summed E-state index contributed by atoms with van der Waals surface area (Å²) in [5.41, 5.74) is 14.6. The molecular weight excluding hydrogens is 757 g/mol. The Hall–Kier alpha value is -7.46. The average Bonchev–Trinajstić information content (AvgIpc) is 3.87. The smallest absolute Gasteiger partial charge is 0.0630 e. The van der Waals surface area contributed by atoms with Gasteiger partial charge in [-0.2, -0.15) is 0 Å². The molecule has 0 radical (unpaired) electrons. The third-order valence-corrected chi connectivity index (χ3v) is 13.7. The van der Waals surface area contributed by atoms with Gasteiger partial charge in [0.15, 0.2) is 0 Å². The van der Waals surface area contributed by atoms with Gasteiger partial charge in [-0.1, -0.05) is 164 Å². The first-order chi connectivity index (χ1) is 30.2. The minimum Gasteiger partial charge on any atom is -0.333 e. The lowest BCUT2D eigenvalue weighted by Crippen LogP contribution is -2.29. The molecule has 1 aromatic heterocycles. The molecule has 1 aliphatic heterocycles. The summed E-state index contributed by atoms with van der Waals surface area (Å²) in [5, 5.41) is 5.29. The molecule has 2 unspecified atom stereocenters. The summed E-state index contributed by atoms with van der Waals surface area (Å²) in [6.45, 7) is 0. The highest BCUT2D eigenvalue weighted by Crippen LogP contribution is 2.53. The minimum atomic E-state index is 0.191. The molecule has 0 saturated heterocycles. The predicted molar refractivity (Wildman–Crippen MR) is 261 cm³/mol. The quantitative estimate of drug-likeness (QED) is 0.158. The van der Waals surface area contributed by atoms with Gasteiger partial charge in [0.1, 0.15) is 0 Å². The maximum atomic E-state index is 2.58. The van der Waals surface area contributed by atoms with Crippen LogP contribution in [0.15, 0.2) is 231 Å². The summed E-state index contributed by atoms with van der Waals surface area (Å²) < 4.78 is 2.68. The first-order valence-electron chi connectivity index (χ1n) is 21.1. The lowest BCUT2D eigenvalue weighted by molar-refractivity contribution is 0.747. The van der Waals surface area contributed by atoms with Crippen LogP contribution in [0.5, 0.6) is 0 Å². The van der Waals surface area contributed by atoms with Crippen LogP contribution in [-0.2, 0) is 0 Å². The molecule has 1 aliphatic carbocycles. The monoisotopic (exact) mass is 796 g/mol. The molecule has 2 heterocycles. The summed E-state index contributed by atoms with van der Waals surface area (Å²) in [5.74, 6) is 0.226. The van der Waals surface area contributed by atoms with Crippen molar-refractivity contribution in [1.29, 1.82) is 0 Å². The molecule has 0 amide bonds. The van der Waals surface area contributed by atoms with E-state index >= 15 is 0 Å². The van der Waals surface area contributed by atoms with E-state index in [0.717, 1.165) is 17.1 Å². The van der Waals surface area contributed by atoms with E-state index in [1.165, 1.54) is 81.3 Å². The molecule has 9 aromatic carbocycles. The van der Waals surface area contributed by atoms with E-state index in [0.29, 0.717) is 0 Å². The van der Waals surface area contributed by atoms with Crippen LogP contribution in [-0.4, -0.2) is 6.04 Å². The topological polar surface area (TPSA) is 6.48 Å². The highest BCUT2D eigenvalue weighted by atomic mass is 32.1. The van der Waals surface area contributed by atoms with Crippen molar-refractivity contribution >= 4 is 76.3 Å². The molecule has 0 spiro atoms. The van der Waals surface area contributed by atoms with Gasteiger partial charge in [0.05, 0.1) is 11.7 Å². The molecule has 61 heavy (non-hydrogen) atoms. The Labute approximate surface area is 360 Å². The van der Waals surface area contributed by atoms with Crippen LogP contribution in [0.2, 0.25) is 0 Å². The second-order valence-electron chi connectivity index (χ2n) is 16.1. The van der Waals surface area contributed by atoms with Crippen LogP contribution in [0.4, 0.5) is 28.4 Å². The first-order valence-corrected chi connectivity index (χ1v) is 21.9. The number of nitrogens with zero attached hydrogens (tertiary/aromatic N) is 2. The van der Waals surface area contributed by atoms with Crippen molar-refractivity contribution in [3.8, 4) is 22.3 Å². The zero-order chi connectivity index (χ0) is 40.3. The molecule has 0 saturated carbocycles. The minimum absolute atomic E-state index is 0.191. The van der Waals surface area contributed by atoms with Crippen LogP contribution in [0.1, 0.15) is 17.0 Å². The maximum Gasteiger partial charge on any atom is 0.0630 e. The molecule has 0 N–H and O–H groups in total. The number of anilines is 5. The second-order valence-corrected chi connectivity index (χ2v) is 17.2. The summed E-state index contributed by atoms with van der Waals surface area (Å²) >= 11 is 1.89. The molecule has 2 nitrogen and oxygen atoms in total. The predicted octanol–water partition coefficient (Wildman–Crippen LogP) is 16.3. The van der Waals surface area contributed by atoms with Gasteiger partial charge in [-0.3, -0.25) is 0 Å². The number of thiophene rings is 1. The van der Waals surface area contributed by atoms with Crippen molar-refractivity contribution in [3.05, 3.63) is 242 Å². The number of hydrogen-bond acceptors (Lipinski definition) is 3. The number of fused-ring (bicyclic) bond motifs is 8. The molecule has 0 fully saturated rings. The van der Waals surface area contributed by atoms with E-state index in [-0.39, 0.29) is 12.0 Å². The number of rotatable bonds is 7. The van der Waals surface area contributed by atoms with Crippen LogP contribution in [0.25, 0.3) is 58.8 Å². The summed E-state index contributed by atoms with van der Waals surface area (Å²) in [7, 11) is 0. The highest BCUT2D eigenvalue weighted by Gasteiger charge is 2.39. The zero-order valence-electron chi connectivity index (χ0n) is 33.4. The van der Waals surface area contributed by atoms with Gasteiger partial charge >= 0.3 is 0 Å². The van der Waals surface area contributed by atoms with Crippen LogP contribution in [0, 0.1) is 0 Å². The fraction of sp³-hybridized carbons (Fsp3) is 0.0345. The van der Waals surface area contributed by atoms with Crippen molar-refractivity contribution in [2.45, 2.75) is 12.0 Å². The Morgan fingerprint density at radius 2 is 0.984 bits per heavy atom. The van der Waals surface area contributed by atoms with Crippen molar-refractivity contribution in [2.24, 2.45) is 0 Å². The van der Waals surface area contributed by atoms with Crippen molar-refractivity contribution in [1.82, 2.24) is 0 Å². The average molecular weight is 797 g/mol. The third kappa shape index (κ3) is 6.17. The van der Waals surface area contributed by atoms with Crippen LogP contribution < -0.4 is 9.80 Å². The van der Waals surface area contributed by atoms with Gasteiger partial charge in [0.2, 0.25) is 0 Å². The Bertz CT molecular complexity index is 3280. The fourth-order valence-electron chi connectivity index (χ4n) is 9.62. The second kappa shape index (κ2) is 14.7.